The van der Waals surface area contributed by atoms with Gasteiger partial charge in [-0.05, 0) is 38.5 Å². The van der Waals surface area contributed by atoms with Crippen LogP contribution in [0.4, 0.5) is 4.79 Å². The molecular weight excluding hydrogens is 372 g/mol. The second-order valence-electron chi connectivity index (χ2n) is 5.47. The van der Waals surface area contributed by atoms with Crippen LogP contribution in [0.5, 0.6) is 0 Å². The number of carbonyl (C=O) groups is 2. The lowest BCUT2D eigenvalue weighted by Crippen LogP contribution is -2.30. The van der Waals surface area contributed by atoms with E-state index in [0.717, 1.165) is 0 Å². The topological polar surface area (TPSA) is 206 Å². The van der Waals surface area contributed by atoms with E-state index in [1.807, 2.05) is 0 Å². The van der Waals surface area contributed by atoms with Crippen molar-refractivity contribution >= 4 is 12.1 Å². The summed E-state index contributed by atoms with van der Waals surface area (Å²) in [5, 5.41) is 29.4. The summed E-state index contributed by atoms with van der Waals surface area (Å²) < 4.78 is 4.89. The predicted octanol–water partition coefficient (Wildman–Crippen LogP) is 0.250. The van der Waals surface area contributed by atoms with Gasteiger partial charge in [0.05, 0.1) is 6.61 Å². The van der Waals surface area contributed by atoms with Gasteiger partial charge in [0.1, 0.15) is 18.8 Å². The van der Waals surface area contributed by atoms with Crippen molar-refractivity contribution in [2.24, 2.45) is 5.73 Å². The van der Waals surface area contributed by atoms with Crippen molar-refractivity contribution in [2.75, 3.05) is 19.8 Å². The van der Waals surface area contributed by atoms with Crippen molar-refractivity contribution in [2.45, 2.75) is 50.7 Å². The van der Waals surface area contributed by atoms with E-state index >= 15 is 0 Å². The average Bonchev–Trinajstić information content (AvgIpc) is 2.57. The van der Waals surface area contributed by atoms with Crippen molar-refractivity contribution in [3.05, 3.63) is 20.2 Å². The highest BCUT2D eigenvalue weighted by molar-refractivity contribution is 5.72. The first-order chi connectivity index (χ1) is 12.7. The Morgan fingerprint density at radius 3 is 2.33 bits per heavy atom. The monoisotopic (exact) mass is 396 g/mol. The van der Waals surface area contributed by atoms with Crippen LogP contribution in [0.25, 0.3) is 0 Å². The van der Waals surface area contributed by atoms with Crippen molar-refractivity contribution < 1.29 is 39.3 Å². The first kappa shape index (κ1) is 24.1. The molecular formula is C13H24N4O10. The number of carbonyl (C=O) groups excluding carboxylic acids is 1. The van der Waals surface area contributed by atoms with Crippen LogP contribution in [0, 0.1) is 20.2 Å². The molecule has 0 spiro atoms. The summed E-state index contributed by atoms with van der Waals surface area (Å²) >= 11 is 0. The number of amides is 1. The largest absolute Gasteiger partial charge is 0.480 e. The number of nitrogens with one attached hydrogen (secondary N) is 1. The number of hydrogen-bond donors (Lipinski definition) is 3. The molecule has 27 heavy (non-hydrogen) atoms. The van der Waals surface area contributed by atoms with E-state index in [-0.39, 0.29) is 13.0 Å². The average molecular weight is 396 g/mol. The lowest BCUT2D eigenvalue weighted by atomic mass is 10.1. The lowest BCUT2D eigenvalue weighted by Gasteiger charge is -2.13. The number of rotatable bonds is 16. The Morgan fingerprint density at radius 2 is 1.74 bits per heavy atom. The number of ether oxygens (including phenoxy) is 1. The molecule has 1 amide bonds. The Bertz CT molecular complexity index is 490. The molecule has 2 unspecified atom stereocenters. The molecule has 2 atom stereocenters. The summed E-state index contributed by atoms with van der Waals surface area (Å²) in [6, 6.07) is -0.921. The van der Waals surface area contributed by atoms with Crippen molar-refractivity contribution in [1.29, 1.82) is 0 Å². The minimum absolute atomic E-state index is 0.0526. The van der Waals surface area contributed by atoms with Crippen LogP contribution >= 0.6 is 0 Å². The third-order valence-corrected chi connectivity index (χ3v) is 3.28. The first-order valence-electron chi connectivity index (χ1n) is 8.19. The van der Waals surface area contributed by atoms with Crippen LogP contribution in [0.2, 0.25) is 0 Å². The van der Waals surface area contributed by atoms with Gasteiger partial charge in [-0.2, -0.15) is 0 Å². The van der Waals surface area contributed by atoms with Gasteiger partial charge in [0.15, 0.2) is 0 Å². The van der Waals surface area contributed by atoms with Crippen LogP contribution in [0.1, 0.15) is 38.5 Å². The fourth-order valence-electron chi connectivity index (χ4n) is 1.93. The minimum Gasteiger partial charge on any atom is -0.480 e. The maximum atomic E-state index is 11.4. The Labute approximate surface area is 154 Å². The summed E-state index contributed by atoms with van der Waals surface area (Å²) in [7, 11) is 0. The van der Waals surface area contributed by atoms with E-state index < -0.39 is 41.0 Å². The molecule has 0 aromatic carbocycles. The molecule has 0 aliphatic rings. The normalized spacial score (nSPS) is 12.5. The molecule has 0 heterocycles. The van der Waals surface area contributed by atoms with Crippen LogP contribution < -0.4 is 11.1 Å². The van der Waals surface area contributed by atoms with Crippen molar-refractivity contribution in [1.82, 2.24) is 5.32 Å². The lowest BCUT2D eigenvalue weighted by molar-refractivity contribution is -0.790. The van der Waals surface area contributed by atoms with Gasteiger partial charge in [-0.3, -0.25) is 4.79 Å². The quantitative estimate of drug-likeness (QED) is 0.183. The molecule has 4 N–H and O–H groups in total. The number of hydrogen-bond acceptors (Lipinski definition) is 10. The van der Waals surface area contributed by atoms with Gasteiger partial charge in [-0.15, -0.1) is 20.2 Å². The van der Waals surface area contributed by atoms with E-state index in [2.05, 4.69) is 15.0 Å². The van der Waals surface area contributed by atoms with E-state index in [1.165, 1.54) is 0 Å². The van der Waals surface area contributed by atoms with E-state index in [4.69, 9.17) is 15.6 Å². The van der Waals surface area contributed by atoms with Gasteiger partial charge in [0.25, 0.3) is 10.2 Å². The number of alkyl carbamates (subject to hydrolysis) is 1. The van der Waals surface area contributed by atoms with E-state index in [9.17, 15) is 29.8 Å². The smallest absolute Gasteiger partial charge is 0.407 e. The van der Waals surface area contributed by atoms with Gasteiger partial charge in [-0.25, -0.2) is 4.79 Å². The first-order valence-corrected chi connectivity index (χ1v) is 8.19. The highest BCUT2D eigenvalue weighted by Crippen LogP contribution is 2.07. The number of unbranched alkanes of at least 4 members (excludes halogenated alkanes) is 2. The molecule has 14 heteroatoms. The third-order valence-electron chi connectivity index (χ3n) is 3.28. The molecule has 156 valence electrons. The van der Waals surface area contributed by atoms with Crippen LogP contribution in [-0.4, -0.2) is 59.2 Å². The summed E-state index contributed by atoms with van der Waals surface area (Å²) in [4.78, 5) is 50.6. The molecule has 0 aliphatic carbocycles. The zero-order valence-corrected chi connectivity index (χ0v) is 14.6. The standard InChI is InChI=1S/C13H24N4O10/c14-11(12(18)19)6-1-3-7-15-13(20)25-8-4-2-5-10(27-17(23)24)9-26-16(21)22/h10-11H,1-9,14H2,(H,15,20)(H,18,19). The molecule has 0 saturated carbocycles. The molecule has 0 fully saturated rings. The van der Waals surface area contributed by atoms with Gasteiger partial charge in [-0.1, -0.05) is 0 Å². The van der Waals surface area contributed by atoms with Gasteiger partial charge in [0.2, 0.25) is 0 Å². The van der Waals surface area contributed by atoms with Gasteiger partial charge in [0, 0.05) is 6.54 Å². The predicted molar refractivity (Wildman–Crippen MR) is 87.5 cm³/mol. The molecule has 0 radical (unpaired) electrons. The summed E-state index contributed by atoms with van der Waals surface area (Å²) in [5.74, 6) is -1.07. The van der Waals surface area contributed by atoms with Crippen molar-refractivity contribution in [3.63, 3.8) is 0 Å². The third kappa shape index (κ3) is 15.1. The number of carboxylic acids is 1. The Balaban J connectivity index is 3.73. The van der Waals surface area contributed by atoms with Crippen LogP contribution in [0.3, 0.4) is 0 Å². The van der Waals surface area contributed by atoms with Gasteiger partial charge >= 0.3 is 12.1 Å². The molecule has 0 aromatic rings. The highest BCUT2D eigenvalue weighted by atomic mass is 17.0. The maximum absolute atomic E-state index is 11.4. The summed E-state index contributed by atoms with van der Waals surface area (Å²) in [6.45, 7) is -0.208. The highest BCUT2D eigenvalue weighted by Gasteiger charge is 2.15. The van der Waals surface area contributed by atoms with Crippen LogP contribution in [0.15, 0.2) is 0 Å². The molecule has 0 aromatic heterocycles. The van der Waals surface area contributed by atoms with Gasteiger partial charge < -0.3 is 30.6 Å². The Hall–Kier alpha value is -2.90. The second-order valence-corrected chi connectivity index (χ2v) is 5.47. The maximum Gasteiger partial charge on any atom is 0.407 e. The fourth-order valence-corrected chi connectivity index (χ4v) is 1.93. The second kappa shape index (κ2) is 14.3. The molecule has 0 aliphatic heterocycles. The number of aliphatic carboxylic acids is 1. The molecule has 0 bridgehead atoms. The minimum atomic E-state index is -1.09. The van der Waals surface area contributed by atoms with Crippen LogP contribution in [-0.2, 0) is 19.2 Å². The zero-order valence-electron chi connectivity index (χ0n) is 14.6. The Kier molecular flexibility index (Phi) is 12.8. The molecule has 0 rings (SSSR count). The van der Waals surface area contributed by atoms with E-state index in [0.29, 0.717) is 38.6 Å². The number of nitrogens with two attached hydrogens (primary N) is 1. The zero-order chi connectivity index (χ0) is 20.7. The fraction of sp³-hybridized carbons (Fsp3) is 0.846. The Morgan fingerprint density at radius 1 is 1.07 bits per heavy atom. The van der Waals surface area contributed by atoms with Crippen molar-refractivity contribution in [3.8, 4) is 0 Å². The number of carboxylic acid groups (broad SMARTS) is 1. The molecule has 14 nitrogen and oxygen atoms in total. The summed E-state index contributed by atoms with van der Waals surface area (Å²) in [6.07, 6.45) is 0.508. The SMILES string of the molecule is NC(CCCCNC(=O)OCCCCC(CO[N+](=O)[O-])O[N+](=O)[O-])C(=O)O. The number of nitrogens with zero attached hydrogens (tertiary/aromatic N) is 2. The molecule has 0 saturated heterocycles. The van der Waals surface area contributed by atoms with E-state index in [1.54, 1.807) is 0 Å². The summed E-state index contributed by atoms with van der Waals surface area (Å²) in [5.41, 5.74) is 5.34.